The van der Waals surface area contributed by atoms with Gasteiger partial charge in [-0.15, -0.1) is 0 Å². The second kappa shape index (κ2) is 12.0. The van der Waals surface area contributed by atoms with Gasteiger partial charge in [-0.25, -0.2) is 9.97 Å². The standard InChI is InChI=1S/C26H32BrN3O4/c1-16(18-10-9-11-19(27)14-18)28-26-21-15-22(33-3)25(34-4)20(24(21)29-17(2)30-26)12-7-5-6-8-13-23(31)32/h9-11,14-16H,5-8,12-13H2,1-4H3,(H,31,32)(H,28,29,30)/t16-/m1/s1. The minimum absolute atomic E-state index is 0.0285. The number of methoxy groups -OCH3 is 2. The summed E-state index contributed by atoms with van der Waals surface area (Å²) in [6.07, 6.45) is 4.36. The van der Waals surface area contributed by atoms with E-state index in [1.807, 2.05) is 25.1 Å². The minimum Gasteiger partial charge on any atom is -0.493 e. The third-order valence-electron chi connectivity index (χ3n) is 5.81. The first-order valence-corrected chi connectivity index (χ1v) is 12.3. The molecule has 0 aliphatic rings. The fraction of sp³-hybridized carbons (Fsp3) is 0.423. The van der Waals surface area contributed by atoms with Crippen molar-refractivity contribution in [1.29, 1.82) is 0 Å². The summed E-state index contributed by atoms with van der Waals surface area (Å²) < 4.78 is 12.4. The summed E-state index contributed by atoms with van der Waals surface area (Å²) in [7, 11) is 3.27. The van der Waals surface area contributed by atoms with Crippen LogP contribution in [0.25, 0.3) is 10.9 Å². The largest absolute Gasteiger partial charge is 0.493 e. The number of nitrogens with zero attached hydrogens (tertiary/aromatic N) is 2. The van der Waals surface area contributed by atoms with Gasteiger partial charge in [-0.3, -0.25) is 4.79 Å². The van der Waals surface area contributed by atoms with Crippen molar-refractivity contribution >= 4 is 38.6 Å². The van der Waals surface area contributed by atoms with Gasteiger partial charge in [-0.2, -0.15) is 0 Å². The molecule has 0 aliphatic heterocycles. The number of carboxylic acids is 1. The van der Waals surface area contributed by atoms with E-state index in [4.69, 9.17) is 24.5 Å². The third kappa shape index (κ3) is 6.38. The number of anilines is 1. The van der Waals surface area contributed by atoms with Gasteiger partial charge in [-0.05, 0) is 56.9 Å². The molecule has 0 amide bonds. The molecule has 1 heterocycles. The maximum atomic E-state index is 10.7. The highest BCUT2D eigenvalue weighted by Crippen LogP contribution is 2.40. The normalized spacial score (nSPS) is 11.9. The van der Waals surface area contributed by atoms with Crippen LogP contribution in [0.4, 0.5) is 5.82 Å². The molecule has 0 bridgehead atoms. The van der Waals surface area contributed by atoms with E-state index >= 15 is 0 Å². The van der Waals surface area contributed by atoms with Crippen molar-refractivity contribution in [2.75, 3.05) is 19.5 Å². The van der Waals surface area contributed by atoms with E-state index in [9.17, 15) is 4.79 Å². The fourth-order valence-electron chi connectivity index (χ4n) is 4.11. The number of halogens is 1. The van der Waals surface area contributed by atoms with E-state index in [0.29, 0.717) is 23.7 Å². The lowest BCUT2D eigenvalue weighted by molar-refractivity contribution is -0.137. The number of carbonyl (C=O) groups is 1. The van der Waals surface area contributed by atoms with Crippen LogP contribution in [0.3, 0.4) is 0 Å². The molecule has 0 spiro atoms. The zero-order valence-electron chi connectivity index (χ0n) is 20.2. The summed E-state index contributed by atoms with van der Waals surface area (Å²) in [6.45, 7) is 3.99. The highest BCUT2D eigenvalue weighted by atomic mass is 79.9. The fourth-order valence-corrected chi connectivity index (χ4v) is 4.53. The van der Waals surface area contributed by atoms with E-state index in [2.05, 4.69) is 40.3 Å². The Morgan fingerprint density at radius 2 is 1.88 bits per heavy atom. The summed E-state index contributed by atoms with van der Waals surface area (Å²) in [5.74, 6) is 2.00. The van der Waals surface area contributed by atoms with Gasteiger partial charge in [0.05, 0.1) is 25.8 Å². The molecule has 1 atom stereocenters. The number of aliphatic carboxylic acids is 1. The van der Waals surface area contributed by atoms with Gasteiger partial charge in [0.15, 0.2) is 11.5 Å². The molecule has 0 aliphatic carbocycles. The molecule has 3 aromatic rings. The molecule has 1 aromatic heterocycles. The molecule has 182 valence electrons. The molecule has 3 rings (SSSR count). The number of carboxylic acid groups (broad SMARTS) is 1. The monoisotopic (exact) mass is 529 g/mol. The summed E-state index contributed by atoms with van der Waals surface area (Å²) in [5, 5.41) is 13.3. The lowest BCUT2D eigenvalue weighted by Crippen LogP contribution is -2.10. The average Bonchev–Trinajstić information content (AvgIpc) is 2.80. The van der Waals surface area contributed by atoms with Crippen molar-refractivity contribution < 1.29 is 19.4 Å². The molecule has 0 unspecified atom stereocenters. The van der Waals surface area contributed by atoms with Gasteiger partial charge < -0.3 is 19.9 Å². The Kier molecular flexibility index (Phi) is 9.10. The topological polar surface area (TPSA) is 93.6 Å². The van der Waals surface area contributed by atoms with Crippen molar-refractivity contribution in [2.45, 2.75) is 58.4 Å². The van der Waals surface area contributed by atoms with Crippen molar-refractivity contribution in [3.8, 4) is 11.5 Å². The minimum atomic E-state index is -0.746. The number of ether oxygens (including phenoxy) is 2. The van der Waals surface area contributed by atoms with E-state index in [1.165, 1.54) is 0 Å². The first-order valence-electron chi connectivity index (χ1n) is 11.5. The van der Waals surface area contributed by atoms with Crippen LogP contribution >= 0.6 is 15.9 Å². The van der Waals surface area contributed by atoms with Crippen LogP contribution in [0.15, 0.2) is 34.8 Å². The Morgan fingerprint density at radius 3 is 2.56 bits per heavy atom. The van der Waals surface area contributed by atoms with Crippen LogP contribution in [0.5, 0.6) is 11.5 Å². The van der Waals surface area contributed by atoms with Crippen molar-refractivity contribution in [3.05, 3.63) is 51.8 Å². The highest BCUT2D eigenvalue weighted by Gasteiger charge is 2.20. The molecule has 2 aromatic carbocycles. The van der Waals surface area contributed by atoms with Gasteiger partial charge in [-0.1, -0.05) is 40.9 Å². The number of benzene rings is 2. The number of rotatable bonds is 12. The molecule has 0 radical (unpaired) electrons. The molecule has 34 heavy (non-hydrogen) atoms. The zero-order chi connectivity index (χ0) is 24.7. The molecule has 0 saturated heterocycles. The summed E-state index contributed by atoms with van der Waals surface area (Å²) in [6, 6.07) is 10.2. The number of aromatic nitrogens is 2. The summed E-state index contributed by atoms with van der Waals surface area (Å²) >= 11 is 3.55. The van der Waals surface area contributed by atoms with Gasteiger partial charge in [0, 0.05) is 21.8 Å². The van der Waals surface area contributed by atoms with Crippen molar-refractivity contribution in [1.82, 2.24) is 9.97 Å². The van der Waals surface area contributed by atoms with Crippen molar-refractivity contribution in [2.24, 2.45) is 0 Å². The van der Waals surface area contributed by atoms with Gasteiger partial charge in [0.2, 0.25) is 0 Å². The summed E-state index contributed by atoms with van der Waals surface area (Å²) in [4.78, 5) is 20.2. The Bertz CT molecular complexity index is 1150. The number of aryl methyl sites for hydroxylation is 2. The predicted octanol–water partition coefficient (Wildman–Crippen LogP) is 6.47. The van der Waals surface area contributed by atoms with E-state index in [-0.39, 0.29) is 12.5 Å². The van der Waals surface area contributed by atoms with Gasteiger partial charge >= 0.3 is 5.97 Å². The molecular weight excluding hydrogens is 498 g/mol. The molecule has 0 saturated carbocycles. The Labute approximate surface area is 209 Å². The molecule has 8 heteroatoms. The second-order valence-electron chi connectivity index (χ2n) is 8.34. The predicted molar refractivity (Wildman–Crippen MR) is 138 cm³/mol. The first-order chi connectivity index (χ1) is 16.3. The number of hydrogen-bond acceptors (Lipinski definition) is 6. The maximum Gasteiger partial charge on any atom is 0.303 e. The van der Waals surface area contributed by atoms with E-state index in [1.54, 1.807) is 14.2 Å². The van der Waals surface area contributed by atoms with Gasteiger partial charge in [0.1, 0.15) is 11.6 Å². The van der Waals surface area contributed by atoms with E-state index in [0.717, 1.165) is 58.0 Å². The molecule has 2 N–H and O–H groups in total. The number of nitrogens with one attached hydrogen (secondary N) is 1. The quantitative estimate of drug-likeness (QED) is 0.259. The average molecular weight is 530 g/mol. The lowest BCUT2D eigenvalue weighted by atomic mass is 10.0. The zero-order valence-corrected chi connectivity index (χ0v) is 21.7. The Hall–Kier alpha value is -2.87. The van der Waals surface area contributed by atoms with Crippen LogP contribution in [0.1, 0.15) is 62.0 Å². The van der Waals surface area contributed by atoms with Crippen LogP contribution < -0.4 is 14.8 Å². The van der Waals surface area contributed by atoms with E-state index < -0.39 is 5.97 Å². The summed E-state index contributed by atoms with van der Waals surface area (Å²) in [5.41, 5.74) is 2.97. The highest BCUT2D eigenvalue weighted by molar-refractivity contribution is 9.10. The Balaban J connectivity index is 1.95. The number of fused-ring (bicyclic) bond motifs is 1. The van der Waals surface area contributed by atoms with Crippen LogP contribution in [0, 0.1) is 6.92 Å². The van der Waals surface area contributed by atoms with Crippen molar-refractivity contribution in [3.63, 3.8) is 0 Å². The third-order valence-corrected chi connectivity index (χ3v) is 6.30. The molecule has 7 nitrogen and oxygen atoms in total. The van der Waals surface area contributed by atoms with Gasteiger partial charge in [0.25, 0.3) is 0 Å². The maximum absolute atomic E-state index is 10.7. The number of unbranched alkanes of at least 4 members (excludes halogenated alkanes) is 3. The van der Waals surface area contributed by atoms with Crippen LogP contribution in [-0.2, 0) is 11.2 Å². The second-order valence-corrected chi connectivity index (χ2v) is 9.25. The Morgan fingerprint density at radius 1 is 1.12 bits per heavy atom. The first kappa shape index (κ1) is 25.7. The molecular formula is C26H32BrN3O4. The number of hydrogen-bond donors (Lipinski definition) is 2. The van der Waals surface area contributed by atoms with Crippen LogP contribution in [-0.4, -0.2) is 35.3 Å². The SMILES string of the molecule is COc1cc2c(N[C@H](C)c3cccc(Br)c3)nc(C)nc2c(CCCCCCC(=O)O)c1OC. The molecule has 0 fully saturated rings. The smallest absolute Gasteiger partial charge is 0.303 e. The van der Waals surface area contributed by atoms with Crippen LogP contribution in [0.2, 0.25) is 0 Å². The lowest BCUT2D eigenvalue weighted by Gasteiger charge is -2.20.